The van der Waals surface area contributed by atoms with Crippen molar-refractivity contribution in [2.24, 2.45) is 23.2 Å². The molecule has 1 heterocycles. The fourth-order valence-corrected chi connectivity index (χ4v) is 6.56. The van der Waals surface area contributed by atoms with E-state index < -0.39 is 18.1 Å². The number of likely N-dealkylation sites (tertiary alicyclic amines) is 1. The highest BCUT2D eigenvalue weighted by Gasteiger charge is 2.57. The number of hydrogen-bond acceptors (Lipinski definition) is 5. The van der Waals surface area contributed by atoms with Crippen molar-refractivity contribution in [3.63, 3.8) is 0 Å². The van der Waals surface area contributed by atoms with Crippen molar-refractivity contribution in [1.29, 1.82) is 0 Å². The Balaban J connectivity index is 1.43. The number of amides is 2. The Morgan fingerprint density at radius 2 is 1.62 bits per heavy atom. The molecule has 2 atom stereocenters. The molecule has 0 spiro atoms. The molecule has 5 aliphatic rings. The van der Waals surface area contributed by atoms with Crippen LogP contribution in [0.4, 0.5) is 0 Å². The average molecular weight is 407 g/mol. The number of aliphatic hydroxyl groups excluding tert-OH is 1. The zero-order valence-electron chi connectivity index (χ0n) is 17.8. The summed E-state index contributed by atoms with van der Waals surface area (Å²) in [5.41, 5.74) is -0.356. The van der Waals surface area contributed by atoms with Gasteiger partial charge in [0.2, 0.25) is 5.91 Å². The van der Waals surface area contributed by atoms with Gasteiger partial charge in [-0.05, 0) is 70.1 Å². The number of esters is 1. The molecule has 4 saturated carbocycles. The molecule has 0 aromatic heterocycles. The summed E-state index contributed by atoms with van der Waals surface area (Å²) in [6.07, 6.45) is 5.95. The monoisotopic (exact) mass is 406 g/mol. The van der Waals surface area contributed by atoms with Gasteiger partial charge in [0.1, 0.15) is 6.04 Å². The van der Waals surface area contributed by atoms with Crippen LogP contribution in [0.5, 0.6) is 0 Å². The first-order chi connectivity index (χ1) is 13.7. The van der Waals surface area contributed by atoms with Gasteiger partial charge in [0.15, 0.2) is 6.61 Å². The molecule has 2 amide bonds. The van der Waals surface area contributed by atoms with Crippen LogP contribution in [-0.2, 0) is 19.1 Å². The Morgan fingerprint density at radius 1 is 1.07 bits per heavy atom. The summed E-state index contributed by atoms with van der Waals surface area (Å²) < 4.78 is 5.27. The molecule has 0 aromatic carbocycles. The minimum atomic E-state index is -0.789. The third kappa shape index (κ3) is 3.78. The average Bonchev–Trinajstić information content (AvgIpc) is 3.05. The Hall–Kier alpha value is -1.63. The van der Waals surface area contributed by atoms with E-state index in [9.17, 15) is 19.5 Å². The molecule has 1 unspecified atom stereocenters. The SMILES string of the molecule is CC(C)N(C)C(=O)COC(=O)[C@@H]1CC(O)CN1C(=O)C12CC3CC(CC(C3)C1)C2. The topological polar surface area (TPSA) is 87.2 Å². The van der Waals surface area contributed by atoms with E-state index in [2.05, 4.69) is 0 Å². The van der Waals surface area contributed by atoms with Gasteiger partial charge >= 0.3 is 5.97 Å². The van der Waals surface area contributed by atoms with Crippen LogP contribution in [0.15, 0.2) is 0 Å². The highest BCUT2D eigenvalue weighted by atomic mass is 16.5. The maximum atomic E-state index is 13.6. The van der Waals surface area contributed by atoms with Crippen molar-refractivity contribution in [2.45, 2.75) is 77.0 Å². The van der Waals surface area contributed by atoms with Gasteiger partial charge in [-0.3, -0.25) is 9.59 Å². The molecular weight excluding hydrogens is 372 g/mol. The maximum Gasteiger partial charge on any atom is 0.329 e. The highest BCUT2D eigenvalue weighted by Crippen LogP contribution is 2.60. The van der Waals surface area contributed by atoms with E-state index >= 15 is 0 Å². The largest absolute Gasteiger partial charge is 0.454 e. The number of carbonyl (C=O) groups is 3. The van der Waals surface area contributed by atoms with Crippen molar-refractivity contribution < 1.29 is 24.2 Å². The second-order valence-corrected chi connectivity index (χ2v) is 10.3. The number of carbonyl (C=O) groups excluding carboxylic acids is 3. The van der Waals surface area contributed by atoms with E-state index in [-0.39, 0.29) is 42.8 Å². The first-order valence-electron chi connectivity index (χ1n) is 11.1. The van der Waals surface area contributed by atoms with Crippen molar-refractivity contribution in [2.75, 3.05) is 20.2 Å². The van der Waals surface area contributed by atoms with Crippen molar-refractivity contribution in [3.05, 3.63) is 0 Å². The van der Waals surface area contributed by atoms with Crippen LogP contribution in [-0.4, -0.2) is 71.1 Å². The Morgan fingerprint density at radius 3 is 2.14 bits per heavy atom. The van der Waals surface area contributed by atoms with E-state index in [0.29, 0.717) is 17.8 Å². The van der Waals surface area contributed by atoms with Gasteiger partial charge in [0.05, 0.1) is 11.5 Å². The number of likely N-dealkylation sites (N-methyl/N-ethyl adjacent to an activating group) is 1. The summed E-state index contributed by atoms with van der Waals surface area (Å²) in [7, 11) is 1.67. The fourth-order valence-electron chi connectivity index (χ4n) is 6.56. The zero-order valence-corrected chi connectivity index (χ0v) is 17.8. The van der Waals surface area contributed by atoms with E-state index in [0.717, 1.165) is 19.3 Å². The normalized spacial score (nSPS) is 37.8. The Kier molecular flexibility index (Phi) is 5.38. The molecule has 7 heteroatoms. The third-order valence-electron chi connectivity index (χ3n) is 7.81. The van der Waals surface area contributed by atoms with Crippen molar-refractivity contribution >= 4 is 17.8 Å². The highest BCUT2D eigenvalue weighted by molar-refractivity contribution is 5.90. The summed E-state index contributed by atoms with van der Waals surface area (Å²) in [6, 6.07) is -0.772. The van der Waals surface area contributed by atoms with Crippen LogP contribution in [0.3, 0.4) is 0 Å². The molecule has 29 heavy (non-hydrogen) atoms. The summed E-state index contributed by atoms with van der Waals surface area (Å²) in [5, 5.41) is 10.2. The summed E-state index contributed by atoms with van der Waals surface area (Å²) in [4.78, 5) is 41.6. The molecule has 5 fully saturated rings. The molecule has 5 rings (SSSR count). The van der Waals surface area contributed by atoms with Crippen molar-refractivity contribution in [1.82, 2.24) is 9.80 Å². The van der Waals surface area contributed by atoms with Gasteiger partial charge < -0.3 is 19.6 Å². The second kappa shape index (κ2) is 7.56. The van der Waals surface area contributed by atoms with E-state index in [1.807, 2.05) is 13.8 Å². The zero-order chi connectivity index (χ0) is 20.9. The molecule has 1 aliphatic heterocycles. The standard InChI is InChI=1S/C22H34N2O5/c1-13(2)23(3)19(26)12-29-20(27)18-7-17(25)11-24(18)21(28)22-8-14-4-15(9-22)6-16(5-14)10-22/h13-18,25H,4-12H2,1-3H3/t14?,15?,16?,17?,18-,22?/m0/s1. The van der Waals surface area contributed by atoms with Crippen molar-refractivity contribution in [3.8, 4) is 0 Å². The van der Waals surface area contributed by atoms with Gasteiger partial charge in [-0.25, -0.2) is 4.79 Å². The van der Waals surface area contributed by atoms with Crippen LogP contribution in [0.1, 0.15) is 58.8 Å². The van der Waals surface area contributed by atoms with Crippen LogP contribution >= 0.6 is 0 Å². The van der Waals surface area contributed by atoms with E-state index in [1.165, 1.54) is 24.2 Å². The van der Waals surface area contributed by atoms with E-state index in [4.69, 9.17) is 4.74 Å². The smallest absolute Gasteiger partial charge is 0.329 e. The lowest BCUT2D eigenvalue weighted by molar-refractivity contribution is -0.166. The lowest BCUT2D eigenvalue weighted by Gasteiger charge is -2.56. The summed E-state index contributed by atoms with van der Waals surface area (Å²) in [6.45, 7) is 3.62. The van der Waals surface area contributed by atoms with Crippen LogP contribution in [0.25, 0.3) is 0 Å². The van der Waals surface area contributed by atoms with E-state index in [1.54, 1.807) is 11.9 Å². The Bertz CT molecular complexity index is 655. The number of hydrogen-bond donors (Lipinski definition) is 1. The minimum Gasteiger partial charge on any atom is -0.454 e. The molecule has 7 nitrogen and oxygen atoms in total. The molecular formula is C22H34N2O5. The van der Waals surface area contributed by atoms with Gasteiger partial charge in [0, 0.05) is 26.1 Å². The number of aliphatic hydroxyl groups is 1. The molecule has 4 aliphatic carbocycles. The number of nitrogens with zero attached hydrogens (tertiary/aromatic N) is 2. The third-order valence-corrected chi connectivity index (χ3v) is 7.81. The molecule has 1 N–H and O–H groups in total. The fraction of sp³-hybridized carbons (Fsp3) is 0.864. The number of ether oxygens (including phenoxy) is 1. The summed E-state index contributed by atoms with van der Waals surface area (Å²) in [5.74, 6) is 1.07. The quantitative estimate of drug-likeness (QED) is 0.701. The molecule has 162 valence electrons. The van der Waals surface area contributed by atoms with Crippen LogP contribution in [0, 0.1) is 23.2 Å². The predicted molar refractivity (Wildman–Crippen MR) is 106 cm³/mol. The number of rotatable bonds is 5. The second-order valence-electron chi connectivity index (χ2n) is 10.3. The Labute approximate surface area is 172 Å². The predicted octanol–water partition coefficient (Wildman–Crippen LogP) is 1.57. The maximum absolute atomic E-state index is 13.6. The molecule has 1 saturated heterocycles. The van der Waals surface area contributed by atoms with Gasteiger partial charge in [0.25, 0.3) is 5.91 Å². The number of β-amino-alcohol motifs (C(OH)–C–C–N with tert-alkyl or cyclic N) is 1. The molecule has 0 aromatic rings. The summed E-state index contributed by atoms with van der Waals surface area (Å²) >= 11 is 0. The van der Waals surface area contributed by atoms with Gasteiger partial charge in [-0.15, -0.1) is 0 Å². The first kappa shape index (κ1) is 20.6. The van der Waals surface area contributed by atoms with Crippen LogP contribution < -0.4 is 0 Å². The first-order valence-corrected chi connectivity index (χ1v) is 11.1. The lowest BCUT2D eigenvalue weighted by Crippen LogP contribution is -2.56. The minimum absolute atomic E-state index is 0.0173. The van der Waals surface area contributed by atoms with Gasteiger partial charge in [-0.2, -0.15) is 0 Å². The molecule has 0 radical (unpaired) electrons. The van der Waals surface area contributed by atoms with Gasteiger partial charge in [-0.1, -0.05) is 0 Å². The van der Waals surface area contributed by atoms with Crippen LogP contribution in [0.2, 0.25) is 0 Å². The molecule has 4 bridgehead atoms. The lowest BCUT2D eigenvalue weighted by atomic mass is 9.49.